The lowest BCUT2D eigenvalue weighted by Crippen LogP contribution is -1.97. The highest BCUT2D eigenvalue weighted by molar-refractivity contribution is 9.10. The first kappa shape index (κ1) is 9.85. The summed E-state index contributed by atoms with van der Waals surface area (Å²) in [7, 11) is 0. The first-order valence-electron chi connectivity index (χ1n) is 4.19. The molecule has 0 saturated carbocycles. The molecule has 0 aliphatic heterocycles. The molecule has 2 rings (SSSR count). The van der Waals surface area contributed by atoms with Crippen LogP contribution in [0.3, 0.4) is 0 Å². The van der Waals surface area contributed by atoms with Crippen LogP contribution in [0.15, 0.2) is 35.5 Å². The molecule has 0 radical (unpaired) electrons. The average molecular weight is 266 g/mol. The van der Waals surface area contributed by atoms with Gasteiger partial charge in [0.1, 0.15) is 12.1 Å². The molecule has 0 aliphatic carbocycles. The van der Waals surface area contributed by atoms with Crippen LogP contribution in [0.4, 0.5) is 17.2 Å². The molecule has 0 spiro atoms. The fraction of sp³-hybridized carbons (Fsp3) is 0. The third-order valence-corrected chi connectivity index (χ3v) is 2.29. The van der Waals surface area contributed by atoms with Crippen LogP contribution in [-0.4, -0.2) is 15.0 Å². The van der Waals surface area contributed by atoms with Crippen molar-refractivity contribution in [3.8, 4) is 0 Å². The Morgan fingerprint density at radius 3 is 2.60 bits per heavy atom. The third-order valence-electron chi connectivity index (χ3n) is 1.69. The van der Waals surface area contributed by atoms with Gasteiger partial charge in [-0.25, -0.2) is 15.0 Å². The van der Waals surface area contributed by atoms with Crippen molar-refractivity contribution in [1.82, 2.24) is 15.0 Å². The molecule has 76 valence electrons. The number of nitrogens with one attached hydrogen (secondary N) is 1. The lowest BCUT2D eigenvalue weighted by Gasteiger charge is -2.06. The van der Waals surface area contributed by atoms with E-state index >= 15 is 0 Å². The number of nitrogens with two attached hydrogens (primary N) is 1. The van der Waals surface area contributed by atoms with Crippen molar-refractivity contribution in [3.05, 3.63) is 35.5 Å². The highest BCUT2D eigenvalue weighted by Crippen LogP contribution is 2.24. The number of nitrogens with zero attached hydrogens (tertiary/aromatic N) is 3. The molecule has 2 aromatic heterocycles. The van der Waals surface area contributed by atoms with Crippen LogP contribution >= 0.6 is 15.9 Å². The highest BCUT2D eigenvalue weighted by Gasteiger charge is 2.02. The van der Waals surface area contributed by atoms with Crippen molar-refractivity contribution in [3.63, 3.8) is 0 Å². The molecule has 0 aliphatic rings. The minimum atomic E-state index is 0.608. The van der Waals surface area contributed by atoms with E-state index in [2.05, 4.69) is 36.2 Å². The molecule has 0 unspecified atom stereocenters. The standard InChI is InChI=1S/C9H8BrN5/c10-8-1-6(11)2-14-9(8)15-7-3-12-5-13-4-7/h1-5H,11H2,(H,14,15). The number of pyridine rings is 1. The van der Waals surface area contributed by atoms with Crippen LogP contribution in [0.2, 0.25) is 0 Å². The summed E-state index contributed by atoms with van der Waals surface area (Å²) in [6.07, 6.45) is 6.38. The summed E-state index contributed by atoms with van der Waals surface area (Å²) < 4.78 is 0.798. The molecule has 3 N–H and O–H groups in total. The Bertz CT molecular complexity index is 459. The number of rotatable bonds is 2. The van der Waals surface area contributed by atoms with Crippen molar-refractivity contribution in [1.29, 1.82) is 0 Å². The molecule has 5 nitrogen and oxygen atoms in total. The van der Waals surface area contributed by atoms with Gasteiger partial charge in [0, 0.05) is 0 Å². The summed E-state index contributed by atoms with van der Waals surface area (Å²) >= 11 is 3.36. The van der Waals surface area contributed by atoms with Crippen LogP contribution in [0.25, 0.3) is 0 Å². The van der Waals surface area contributed by atoms with Crippen LogP contribution in [0.5, 0.6) is 0 Å². The minimum Gasteiger partial charge on any atom is -0.397 e. The van der Waals surface area contributed by atoms with Gasteiger partial charge in [-0.3, -0.25) is 0 Å². The second-order valence-electron chi connectivity index (χ2n) is 2.85. The Hall–Kier alpha value is -1.69. The van der Waals surface area contributed by atoms with E-state index in [9.17, 15) is 0 Å². The van der Waals surface area contributed by atoms with Gasteiger partial charge in [-0.2, -0.15) is 0 Å². The SMILES string of the molecule is Nc1cnc(Nc2cncnc2)c(Br)c1. The van der Waals surface area contributed by atoms with Gasteiger partial charge in [0.25, 0.3) is 0 Å². The maximum absolute atomic E-state index is 5.58. The van der Waals surface area contributed by atoms with Gasteiger partial charge >= 0.3 is 0 Å². The van der Waals surface area contributed by atoms with E-state index in [1.807, 2.05) is 0 Å². The quantitative estimate of drug-likeness (QED) is 0.868. The number of anilines is 3. The summed E-state index contributed by atoms with van der Waals surface area (Å²) in [6, 6.07) is 1.78. The average Bonchev–Trinajstić information content (AvgIpc) is 2.24. The molecule has 6 heteroatoms. The maximum Gasteiger partial charge on any atom is 0.144 e. The van der Waals surface area contributed by atoms with E-state index < -0.39 is 0 Å². The van der Waals surface area contributed by atoms with E-state index in [0.29, 0.717) is 11.5 Å². The topological polar surface area (TPSA) is 76.7 Å². The Balaban J connectivity index is 2.25. The molecule has 15 heavy (non-hydrogen) atoms. The summed E-state index contributed by atoms with van der Waals surface area (Å²) in [5.41, 5.74) is 6.96. The highest BCUT2D eigenvalue weighted by atomic mass is 79.9. The molecular weight excluding hydrogens is 258 g/mol. The van der Waals surface area contributed by atoms with Crippen molar-refractivity contribution >= 4 is 33.1 Å². The van der Waals surface area contributed by atoms with Gasteiger partial charge in [0.2, 0.25) is 0 Å². The predicted octanol–water partition coefficient (Wildman–Crippen LogP) is 1.96. The van der Waals surface area contributed by atoms with E-state index in [-0.39, 0.29) is 0 Å². The van der Waals surface area contributed by atoms with Crippen molar-refractivity contribution in [2.75, 3.05) is 11.1 Å². The molecule has 0 atom stereocenters. The Morgan fingerprint density at radius 1 is 1.20 bits per heavy atom. The van der Waals surface area contributed by atoms with E-state index in [0.717, 1.165) is 10.2 Å². The molecule has 0 aromatic carbocycles. The minimum absolute atomic E-state index is 0.608. The summed E-state index contributed by atoms with van der Waals surface area (Å²) in [5, 5.41) is 3.06. The monoisotopic (exact) mass is 265 g/mol. The van der Waals surface area contributed by atoms with Crippen LogP contribution in [0.1, 0.15) is 0 Å². The lowest BCUT2D eigenvalue weighted by molar-refractivity contribution is 1.16. The maximum atomic E-state index is 5.58. The fourth-order valence-corrected chi connectivity index (χ4v) is 1.51. The van der Waals surface area contributed by atoms with Gasteiger partial charge in [-0.05, 0) is 22.0 Å². The molecular formula is C9H8BrN5. The number of aromatic nitrogens is 3. The Kier molecular flexibility index (Phi) is 2.77. The van der Waals surface area contributed by atoms with E-state index in [1.165, 1.54) is 6.33 Å². The zero-order valence-corrected chi connectivity index (χ0v) is 9.27. The van der Waals surface area contributed by atoms with Gasteiger partial charge in [-0.1, -0.05) is 0 Å². The number of halogens is 1. The van der Waals surface area contributed by atoms with Crippen LogP contribution < -0.4 is 11.1 Å². The summed E-state index contributed by atoms with van der Waals surface area (Å²) in [5.74, 6) is 0.680. The third kappa shape index (κ3) is 2.41. The van der Waals surface area contributed by atoms with Crippen molar-refractivity contribution < 1.29 is 0 Å². The number of nitrogen functional groups attached to an aromatic ring is 1. The second-order valence-corrected chi connectivity index (χ2v) is 3.71. The summed E-state index contributed by atoms with van der Waals surface area (Å²) in [6.45, 7) is 0. The van der Waals surface area contributed by atoms with Gasteiger partial charge < -0.3 is 11.1 Å². The molecule has 0 fully saturated rings. The molecule has 2 aromatic rings. The van der Waals surface area contributed by atoms with Crippen molar-refractivity contribution in [2.24, 2.45) is 0 Å². The lowest BCUT2D eigenvalue weighted by atomic mass is 10.4. The molecule has 0 saturated heterocycles. The smallest absolute Gasteiger partial charge is 0.144 e. The Labute approximate surface area is 94.9 Å². The van der Waals surface area contributed by atoms with Gasteiger partial charge in [0.05, 0.1) is 34.4 Å². The first-order chi connectivity index (χ1) is 7.25. The normalized spacial score (nSPS) is 9.93. The van der Waals surface area contributed by atoms with Gasteiger partial charge in [-0.15, -0.1) is 0 Å². The second kappa shape index (κ2) is 4.22. The Morgan fingerprint density at radius 2 is 1.93 bits per heavy atom. The van der Waals surface area contributed by atoms with Gasteiger partial charge in [0.15, 0.2) is 0 Å². The number of hydrogen-bond donors (Lipinski definition) is 2. The van der Waals surface area contributed by atoms with Crippen LogP contribution in [0, 0.1) is 0 Å². The largest absolute Gasteiger partial charge is 0.397 e. The summed E-state index contributed by atoms with van der Waals surface area (Å²) in [4.78, 5) is 11.9. The van der Waals surface area contributed by atoms with E-state index in [4.69, 9.17) is 5.73 Å². The van der Waals surface area contributed by atoms with E-state index in [1.54, 1.807) is 24.7 Å². The predicted molar refractivity (Wildman–Crippen MR) is 61.7 cm³/mol. The first-order valence-corrected chi connectivity index (χ1v) is 4.98. The number of hydrogen-bond acceptors (Lipinski definition) is 5. The molecule has 0 amide bonds. The van der Waals surface area contributed by atoms with Crippen molar-refractivity contribution in [2.45, 2.75) is 0 Å². The zero-order chi connectivity index (χ0) is 10.7. The fourth-order valence-electron chi connectivity index (χ4n) is 1.05. The molecule has 2 heterocycles. The molecule has 0 bridgehead atoms. The zero-order valence-electron chi connectivity index (χ0n) is 7.68. The van der Waals surface area contributed by atoms with Crippen LogP contribution in [-0.2, 0) is 0 Å².